The fraction of sp³-hybridized carbons (Fsp3) is 0.316. The Morgan fingerprint density at radius 1 is 1.12 bits per heavy atom. The molecular weight excluding hydrogens is 350 g/mol. The number of amides is 1. The number of carbonyl (C=O) groups is 1. The molecule has 0 aliphatic carbocycles. The molecule has 0 saturated carbocycles. The lowest BCUT2D eigenvalue weighted by Crippen LogP contribution is -2.36. The van der Waals surface area contributed by atoms with Crippen molar-refractivity contribution in [2.75, 3.05) is 17.8 Å². The number of hydrogen-bond acceptors (Lipinski definition) is 4. The Hall–Kier alpha value is -2.38. The highest BCUT2D eigenvalue weighted by Gasteiger charge is 2.21. The van der Waals surface area contributed by atoms with Gasteiger partial charge in [0.1, 0.15) is 0 Å². The van der Waals surface area contributed by atoms with Gasteiger partial charge in [0.15, 0.2) is 0 Å². The SMILES string of the molecule is Cc1ccccc1NS(=O)(=O)c1ccc(C)c(C(=O)NC2CCNC2)c1. The van der Waals surface area contributed by atoms with Gasteiger partial charge in [-0.25, -0.2) is 8.42 Å². The molecule has 0 bridgehead atoms. The van der Waals surface area contributed by atoms with E-state index in [4.69, 9.17) is 0 Å². The number of anilines is 1. The largest absolute Gasteiger partial charge is 0.348 e. The van der Waals surface area contributed by atoms with Crippen LogP contribution >= 0.6 is 0 Å². The molecule has 3 rings (SSSR count). The van der Waals surface area contributed by atoms with Gasteiger partial charge in [-0.05, 0) is 56.1 Å². The molecule has 1 aliphatic heterocycles. The van der Waals surface area contributed by atoms with E-state index in [0.717, 1.165) is 30.6 Å². The van der Waals surface area contributed by atoms with Crippen molar-refractivity contribution in [2.45, 2.75) is 31.2 Å². The first kappa shape index (κ1) is 18.4. The van der Waals surface area contributed by atoms with E-state index >= 15 is 0 Å². The molecule has 6 nitrogen and oxygen atoms in total. The Labute approximate surface area is 154 Å². The minimum atomic E-state index is -3.78. The van der Waals surface area contributed by atoms with Crippen LogP contribution in [-0.2, 0) is 10.0 Å². The third-order valence-electron chi connectivity index (χ3n) is 4.55. The summed E-state index contributed by atoms with van der Waals surface area (Å²) in [6, 6.07) is 11.9. The molecule has 1 saturated heterocycles. The van der Waals surface area contributed by atoms with Gasteiger partial charge in [-0.2, -0.15) is 0 Å². The number of hydrogen-bond donors (Lipinski definition) is 3. The predicted octanol–water partition coefficient (Wildman–Crippen LogP) is 2.20. The summed E-state index contributed by atoms with van der Waals surface area (Å²) in [7, 11) is -3.78. The molecule has 1 amide bonds. The van der Waals surface area contributed by atoms with Gasteiger partial charge >= 0.3 is 0 Å². The second-order valence-electron chi connectivity index (χ2n) is 6.56. The van der Waals surface area contributed by atoms with Crippen LogP contribution in [-0.4, -0.2) is 33.5 Å². The monoisotopic (exact) mass is 373 g/mol. The lowest BCUT2D eigenvalue weighted by atomic mass is 10.1. The smallest absolute Gasteiger partial charge is 0.261 e. The molecule has 2 aromatic carbocycles. The predicted molar refractivity (Wildman–Crippen MR) is 102 cm³/mol. The zero-order chi connectivity index (χ0) is 18.7. The van der Waals surface area contributed by atoms with Gasteiger partial charge < -0.3 is 10.6 Å². The maximum absolute atomic E-state index is 12.7. The summed E-state index contributed by atoms with van der Waals surface area (Å²) >= 11 is 0. The fourth-order valence-electron chi connectivity index (χ4n) is 2.94. The molecule has 138 valence electrons. The number of para-hydroxylation sites is 1. The van der Waals surface area contributed by atoms with Gasteiger partial charge in [-0.3, -0.25) is 9.52 Å². The Bertz CT molecular complexity index is 919. The van der Waals surface area contributed by atoms with Crippen LogP contribution in [0.25, 0.3) is 0 Å². The molecule has 0 spiro atoms. The van der Waals surface area contributed by atoms with E-state index in [2.05, 4.69) is 15.4 Å². The molecule has 0 radical (unpaired) electrons. The van der Waals surface area contributed by atoms with Crippen LogP contribution in [0.2, 0.25) is 0 Å². The lowest BCUT2D eigenvalue weighted by molar-refractivity contribution is 0.0939. The van der Waals surface area contributed by atoms with Crippen LogP contribution in [0.15, 0.2) is 47.4 Å². The second kappa shape index (κ2) is 7.47. The molecule has 1 fully saturated rings. The van der Waals surface area contributed by atoms with E-state index in [1.165, 1.54) is 12.1 Å². The number of carbonyl (C=O) groups excluding carboxylic acids is 1. The number of rotatable bonds is 5. The van der Waals surface area contributed by atoms with E-state index in [1.54, 1.807) is 25.1 Å². The number of nitrogens with one attached hydrogen (secondary N) is 3. The van der Waals surface area contributed by atoms with Gasteiger partial charge in [-0.15, -0.1) is 0 Å². The summed E-state index contributed by atoms with van der Waals surface area (Å²) < 4.78 is 28.1. The Morgan fingerprint density at radius 2 is 1.88 bits per heavy atom. The topological polar surface area (TPSA) is 87.3 Å². The first-order chi connectivity index (χ1) is 12.4. The van der Waals surface area contributed by atoms with Crippen molar-refractivity contribution in [3.05, 3.63) is 59.2 Å². The summed E-state index contributed by atoms with van der Waals surface area (Å²) in [4.78, 5) is 12.6. The number of sulfonamides is 1. The van der Waals surface area contributed by atoms with Crippen LogP contribution in [0, 0.1) is 13.8 Å². The highest BCUT2D eigenvalue weighted by atomic mass is 32.2. The van der Waals surface area contributed by atoms with Crippen LogP contribution in [0.1, 0.15) is 27.9 Å². The highest BCUT2D eigenvalue weighted by molar-refractivity contribution is 7.92. The molecule has 3 N–H and O–H groups in total. The van der Waals surface area contributed by atoms with Crippen molar-refractivity contribution in [3.8, 4) is 0 Å². The molecule has 0 aromatic heterocycles. The van der Waals surface area contributed by atoms with Gasteiger partial charge in [0.05, 0.1) is 10.6 Å². The molecule has 1 heterocycles. The highest BCUT2D eigenvalue weighted by Crippen LogP contribution is 2.21. The number of aryl methyl sites for hydroxylation is 2. The molecule has 26 heavy (non-hydrogen) atoms. The molecule has 1 atom stereocenters. The van der Waals surface area contributed by atoms with E-state index in [1.807, 2.05) is 19.1 Å². The zero-order valence-corrected chi connectivity index (χ0v) is 15.7. The van der Waals surface area contributed by atoms with Gasteiger partial charge in [0.2, 0.25) is 0 Å². The summed E-state index contributed by atoms with van der Waals surface area (Å²) in [5.41, 5.74) is 2.47. The van der Waals surface area contributed by atoms with Crippen molar-refractivity contribution < 1.29 is 13.2 Å². The zero-order valence-electron chi connectivity index (χ0n) is 14.9. The van der Waals surface area contributed by atoms with Crippen molar-refractivity contribution in [1.29, 1.82) is 0 Å². The normalized spacial score (nSPS) is 17.1. The standard InChI is InChI=1S/C19H23N3O3S/c1-13-7-8-16(11-17(13)19(23)21-15-9-10-20-12-15)26(24,25)22-18-6-4-3-5-14(18)2/h3-8,11,15,20,22H,9-10,12H2,1-2H3,(H,21,23). The first-order valence-corrected chi connectivity index (χ1v) is 10.1. The van der Waals surface area contributed by atoms with Crippen molar-refractivity contribution in [3.63, 3.8) is 0 Å². The van der Waals surface area contributed by atoms with E-state index in [-0.39, 0.29) is 16.8 Å². The van der Waals surface area contributed by atoms with Crippen LogP contribution in [0.5, 0.6) is 0 Å². The van der Waals surface area contributed by atoms with Crippen LogP contribution in [0.3, 0.4) is 0 Å². The average Bonchev–Trinajstić information content (AvgIpc) is 3.10. The Balaban J connectivity index is 1.86. The van der Waals surface area contributed by atoms with Crippen molar-refractivity contribution >= 4 is 21.6 Å². The summed E-state index contributed by atoms with van der Waals surface area (Å²) in [5, 5.41) is 6.15. The second-order valence-corrected chi connectivity index (χ2v) is 8.24. The average molecular weight is 373 g/mol. The fourth-order valence-corrected chi connectivity index (χ4v) is 4.10. The van der Waals surface area contributed by atoms with E-state index < -0.39 is 10.0 Å². The van der Waals surface area contributed by atoms with Gasteiger partial charge in [0, 0.05) is 18.2 Å². The third-order valence-corrected chi connectivity index (χ3v) is 5.91. The first-order valence-electron chi connectivity index (χ1n) is 8.57. The van der Waals surface area contributed by atoms with Crippen LogP contribution in [0.4, 0.5) is 5.69 Å². The molecular formula is C19H23N3O3S. The summed E-state index contributed by atoms with van der Waals surface area (Å²) in [6.45, 7) is 5.24. The third kappa shape index (κ3) is 4.05. The summed E-state index contributed by atoms with van der Waals surface area (Å²) in [6.07, 6.45) is 0.873. The Kier molecular flexibility index (Phi) is 5.29. The molecule has 1 unspecified atom stereocenters. The maximum Gasteiger partial charge on any atom is 0.261 e. The van der Waals surface area contributed by atoms with E-state index in [9.17, 15) is 13.2 Å². The van der Waals surface area contributed by atoms with Crippen molar-refractivity contribution in [1.82, 2.24) is 10.6 Å². The summed E-state index contributed by atoms with van der Waals surface area (Å²) in [5.74, 6) is -0.246. The van der Waals surface area contributed by atoms with Gasteiger partial charge in [-0.1, -0.05) is 24.3 Å². The maximum atomic E-state index is 12.7. The number of benzene rings is 2. The molecule has 1 aliphatic rings. The van der Waals surface area contributed by atoms with E-state index in [0.29, 0.717) is 11.3 Å². The van der Waals surface area contributed by atoms with Crippen molar-refractivity contribution in [2.24, 2.45) is 0 Å². The van der Waals surface area contributed by atoms with Gasteiger partial charge in [0.25, 0.3) is 15.9 Å². The molecule has 2 aromatic rings. The minimum absolute atomic E-state index is 0.0704. The van der Waals surface area contributed by atoms with Crippen LogP contribution < -0.4 is 15.4 Å². The minimum Gasteiger partial charge on any atom is -0.348 e. The lowest BCUT2D eigenvalue weighted by Gasteiger charge is -2.15. The Morgan fingerprint density at radius 3 is 2.58 bits per heavy atom. The molecule has 7 heteroatoms. The quantitative estimate of drug-likeness (QED) is 0.750.